The van der Waals surface area contributed by atoms with E-state index in [1.165, 1.54) is 19.2 Å². The lowest BCUT2D eigenvalue weighted by atomic mass is 9.70. The highest BCUT2D eigenvalue weighted by Crippen LogP contribution is 2.48. The van der Waals surface area contributed by atoms with Crippen LogP contribution in [-0.4, -0.2) is 17.8 Å². The average molecular weight is 369 g/mol. The highest BCUT2D eigenvalue weighted by molar-refractivity contribution is 6.00. The van der Waals surface area contributed by atoms with Gasteiger partial charge in [0.05, 0.1) is 18.0 Å². The molecule has 1 unspecified atom stereocenters. The summed E-state index contributed by atoms with van der Waals surface area (Å²) in [6.45, 7) is 3.90. The third-order valence-electron chi connectivity index (χ3n) is 4.81. The van der Waals surface area contributed by atoms with E-state index in [-0.39, 0.29) is 34.1 Å². The molecule has 1 aromatic rings. The first-order valence-electron chi connectivity index (χ1n) is 8.34. The standard InChI is InChI=1S/C19H19N3O5/c1-19(2)7-13(23)17-15(8-19)27-18(21)11(9-20)16(17)10-4-5-14(26-3)12(6-10)22(24)25/h4-6,16H,7-8,21H2,1-3H3. The number of carbonyl (C=O) groups excluding carboxylic acids is 1. The lowest BCUT2D eigenvalue weighted by Crippen LogP contribution is -2.33. The number of hydrogen-bond acceptors (Lipinski definition) is 7. The van der Waals surface area contributed by atoms with Crippen molar-refractivity contribution in [2.75, 3.05) is 7.11 Å². The number of allylic oxidation sites excluding steroid dienone is 3. The molecule has 0 aromatic heterocycles. The Balaban J connectivity index is 2.22. The Morgan fingerprint density at radius 2 is 2.11 bits per heavy atom. The van der Waals surface area contributed by atoms with Crippen LogP contribution in [0, 0.1) is 26.9 Å². The van der Waals surface area contributed by atoms with Crippen molar-refractivity contribution < 1.29 is 19.2 Å². The maximum atomic E-state index is 12.9. The number of Topliss-reactive ketones (excluding diaryl/α,β-unsaturated/α-hetero) is 1. The fourth-order valence-corrected chi connectivity index (χ4v) is 3.65. The summed E-state index contributed by atoms with van der Waals surface area (Å²) >= 11 is 0. The summed E-state index contributed by atoms with van der Waals surface area (Å²) in [6, 6.07) is 6.36. The smallest absolute Gasteiger partial charge is 0.311 e. The van der Waals surface area contributed by atoms with Crippen molar-refractivity contribution in [1.29, 1.82) is 5.26 Å². The molecule has 1 heterocycles. The Labute approximate surface area is 156 Å². The average Bonchev–Trinajstić information content (AvgIpc) is 2.58. The largest absolute Gasteiger partial charge is 0.490 e. The van der Waals surface area contributed by atoms with E-state index in [2.05, 4.69) is 0 Å². The van der Waals surface area contributed by atoms with Crippen molar-refractivity contribution in [3.05, 3.63) is 56.7 Å². The molecule has 0 saturated carbocycles. The zero-order valence-electron chi connectivity index (χ0n) is 15.2. The summed E-state index contributed by atoms with van der Waals surface area (Å²) in [7, 11) is 1.34. The fraction of sp³-hybridized carbons (Fsp3) is 0.368. The molecule has 1 aromatic carbocycles. The van der Waals surface area contributed by atoms with E-state index in [0.29, 0.717) is 29.7 Å². The fourth-order valence-electron chi connectivity index (χ4n) is 3.65. The van der Waals surface area contributed by atoms with Crippen LogP contribution in [0.5, 0.6) is 5.75 Å². The van der Waals surface area contributed by atoms with Crippen molar-refractivity contribution in [2.45, 2.75) is 32.6 Å². The van der Waals surface area contributed by atoms with E-state index >= 15 is 0 Å². The summed E-state index contributed by atoms with van der Waals surface area (Å²) in [5.41, 5.74) is 6.24. The molecule has 3 rings (SSSR count). The van der Waals surface area contributed by atoms with Gasteiger partial charge in [0.2, 0.25) is 5.88 Å². The van der Waals surface area contributed by atoms with E-state index in [1.807, 2.05) is 19.9 Å². The first kappa shape index (κ1) is 18.5. The van der Waals surface area contributed by atoms with Gasteiger partial charge in [-0.3, -0.25) is 14.9 Å². The number of nitriles is 1. The van der Waals surface area contributed by atoms with Crippen LogP contribution in [0.3, 0.4) is 0 Å². The summed E-state index contributed by atoms with van der Waals surface area (Å²) in [4.78, 5) is 23.7. The van der Waals surface area contributed by atoms with Gasteiger partial charge in [0, 0.05) is 24.5 Å². The monoisotopic (exact) mass is 369 g/mol. The minimum atomic E-state index is -0.799. The van der Waals surface area contributed by atoms with Gasteiger partial charge < -0.3 is 15.2 Å². The molecule has 8 heteroatoms. The Morgan fingerprint density at radius 1 is 1.41 bits per heavy atom. The normalized spacial score (nSPS) is 21.3. The highest BCUT2D eigenvalue weighted by Gasteiger charge is 2.43. The molecule has 1 aliphatic heterocycles. The van der Waals surface area contributed by atoms with Crippen molar-refractivity contribution in [2.24, 2.45) is 11.1 Å². The van der Waals surface area contributed by atoms with E-state index in [4.69, 9.17) is 15.2 Å². The number of hydrogen-bond donors (Lipinski definition) is 1. The van der Waals surface area contributed by atoms with Crippen LogP contribution in [0.4, 0.5) is 5.69 Å². The van der Waals surface area contributed by atoms with E-state index in [0.717, 1.165) is 0 Å². The molecule has 1 atom stereocenters. The molecule has 8 nitrogen and oxygen atoms in total. The van der Waals surface area contributed by atoms with Gasteiger partial charge in [-0.1, -0.05) is 19.9 Å². The molecule has 0 spiro atoms. The number of ether oxygens (including phenoxy) is 2. The third kappa shape index (κ3) is 3.12. The quantitative estimate of drug-likeness (QED) is 0.640. The second kappa shape index (κ2) is 6.43. The van der Waals surface area contributed by atoms with Gasteiger partial charge in [-0.05, 0) is 17.0 Å². The number of carbonyl (C=O) groups is 1. The van der Waals surface area contributed by atoms with Gasteiger partial charge in [0.25, 0.3) is 0 Å². The maximum Gasteiger partial charge on any atom is 0.311 e. The van der Waals surface area contributed by atoms with Crippen LogP contribution in [0.1, 0.15) is 38.2 Å². The maximum absolute atomic E-state index is 12.9. The topological polar surface area (TPSA) is 128 Å². The molecular formula is C19H19N3O5. The van der Waals surface area contributed by atoms with Crippen molar-refractivity contribution in [1.82, 2.24) is 0 Å². The van der Waals surface area contributed by atoms with E-state index < -0.39 is 10.8 Å². The van der Waals surface area contributed by atoms with Crippen molar-refractivity contribution in [3.8, 4) is 11.8 Å². The summed E-state index contributed by atoms with van der Waals surface area (Å²) < 4.78 is 10.6. The van der Waals surface area contributed by atoms with Crippen LogP contribution >= 0.6 is 0 Å². The molecule has 0 radical (unpaired) electrons. The number of nitrogens with zero attached hydrogens (tertiary/aromatic N) is 2. The lowest BCUT2D eigenvalue weighted by Gasteiger charge is -2.37. The molecule has 27 heavy (non-hydrogen) atoms. The van der Waals surface area contributed by atoms with Gasteiger partial charge >= 0.3 is 5.69 Å². The highest BCUT2D eigenvalue weighted by atomic mass is 16.6. The molecule has 2 N–H and O–H groups in total. The number of nitro benzene ring substituents is 1. The van der Waals surface area contributed by atoms with Gasteiger partial charge in [0.15, 0.2) is 11.5 Å². The molecule has 2 aliphatic rings. The number of methoxy groups -OCH3 is 1. The zero-order chi connectivity index (χ0) is 19.9. The van der Waals surface area contributed by atoms with Gasteiger partial charge in [-0.2, -0.15) is 5.26 Å². The Kier molecular flexibility index (Phi) is 4.39. The summed E-state index contributed by atoms with van der Waals surface area (Å²) in [5.74, 6) is -0.505. The SMILES string of the molecule is COc1ccc(C2C(C#N)=C(N)OC3=C2C(=O)CC(C)(C)C3)cc1[N+](=O)[O-]. The van der Waals surface area contributed by atoms with Crippen LogP contribution in [-0.2, 0) is 9.53 Å². The van der Waals surface area contributed by atoms with Crippen LogP contribution in [0.25, 0.3) is 0 Å². The first-order valence-corrected chi connectivity index (χ1v) is 8.34. The Bertz CT molecular complexity index is 953. The van der Waals surface area contributed by atoms with E-state index in [1.54, 1.807) is 6.07 Å². The number of nitro groups is 1. The van der Waals surface area contributed by atoms with Crippen LogP contribution < -0.4 is 10.5 Å². The van der Waals surface area contributed by atoms with Crippen LogP contribution in [0.15, 0.2) is 41.0 Å². The van der Waals surface area contributed by atoms with Gasteiger partial charge in [-0.15, -0.1) is 0 Å². The molecule has 0 fully saturated rings. The molecular weight excluding hydrogens is 350 g/mol. The summed E-state index contributed by atoms with van der Waals surface area (Å²) in [5, 5.41) is 21.0. The van der Waals surface area contributed by atoms with Crippen LogP contribution in [0.2, 0.25) is 0 Å². The predicted octanol–water partition coefficient (Wildman–Crippen LogP) is 3.05. The molecule has 140 valence electrons. The minimum Gasteiger partial charge on any atom is -0.490 e. The second-order valence-electron chi connectivity index (χ2n) is 7.39. The minimum absolute atomic E-state index is 0.0706. The predicted molar refractivity (Wildman–Crippen MR) is 95.3 cm³/mol. The van der Waals surface area contributed by atoms with Crippen molar-refractivity contribution >= 4 is 11.5 Å². The third-order valence-corrected chi connectivity index (χ3v) is 4.81. The van der Waals surface area contributed by atoms with Gasteiger partial charge in [-0.25, -0.2) is 0 Å². The summed E-state index contributed by atoms with van der Waals surface area (Å²) in [6.07, 6.45) is 0.783. The number of benzene rings is 1. The van der Waals surface area contributed by atoms with Gasteiger partial charge in [0.1, 0.15) is 17.4 Å². The number of ketones is 1. The zero-order valence-corrected chi connectivity index (χ0v) is 15.2. The molecule has 0 amide bonds. The van der Waals surface area contributed by atoms with Crippen molar-refractivity contribution in [3.63, 3.8) is 0 Å². The second-order valence-corrected chi connectivity index (χ2v) is 7.39. The molecule has 1 aliphatic carbocycles. The number of rotatable bonds is 3. The lowest BCUT2D eigenvalue weighted by molar-refractivity contribution is -0.385. The molecule has 0 bridgehead atoms. The first-order chi connectivity index (χ1) is 12.7. The number of nitrogens with two attached hydrogens (primary N) is 1. The Hall–Kier alpha value is -3.34. The Morgan fingerprint density at radius 3 is 2.70 bits per heavy atom. The van der Waals surface area contributed by atoms with E-state index in [9.17, 15) is 20.2 Å². The molecule has 0 saturated heterocycles.